The molecule has 0 amide bonds. The summed E-state index contributed by atoms with van der Waals surface area (Å²) in [6, 6.07) is 21.0. The van der Waals surface area contributed by atoms with E-state index in [9.17, 15) is 0 Å². The van der Waals surface area contributed by atoms with Gasteiger partial charge in [0.1, 0.15) is 11.5 Å². The predicted octanol–water partition coefficient (Wildman–Crippen LogP) is 5.13. The third kappa shape index (κ3) is 4.88. The van der Waals surface area contributed by atoms with Gasteiger partial charge in [-0.05, 0) is 55.3 Å². The first-order valence-corrected chi connectivity index (χ1v) is 12.7. The Morgan fingerprint density at radius 1 is 0.784 bits per heavy atom. The summed E-state index contributed by atoms with van der Waals surface area (Å²) in [4.78, 5) is 23.3. The molecule has 0 spiro atoms. The second-order valence-electron chi connectivity index (χ2n) is 9.57. The number of nitrogens with zero attached hydrogens (tertiary/aromatic N) is 7. The van der Waals surface area contributed by atoms with E-state index in [1.54, 1.807) is 6.20 Å². The molecular formula is C29H30N8. The first-order valence-electron chi connectivity index (χ1n) is 12.7. The summed E-state index contributed by atoms with van der Waals surface area (Å²) >= 11 is 0. The maximum atomic E-state index is 4.77. The van der Waals surface area contributed by atoms with Gasteiger partial charge in [0, 0.05) is 44.6 Å². The van der Waals surface area contributed by atoms with E-state index >= 15 is 0 Å². The van der Waals surface area contributed by atoms with E-state index < -0.39 is 0 Å². The van der Waals surface area contributed by atoms with Crippen LogP contribution in [0.5, 0.6) is 0 Å². The van der Waals surface area contributed by atoms with Crippen LogP contribution in [0, 0.1) is 0 Å². The molecule has 1 fully saturated rings. The molecule has 37 heavy (non-hydrogen) atoms. The molecule has 1 N–H and O–H groups in total. The van der Waals surface area contributed by atoms with Crippen molar-refractivity contribution in [2.75, 3.05) is 36.4 Å². The third-order valence-corrected chi connectivity index (χ3v) is 6.90. The molecule has 0 radical (unpaired) electrons. The van der Waals surface area contributed by atoms with Crippen molar-refractivity contribution in [3.8, 4) is 22.5 Å². The van der Waals surface area contributed by atoms with E-state index in [-0.39, 0.29) is 0 Å². The van der Waals surface area contributed by atoms with Crippen LogP contribution in [0.1, 0.15) is 13.8 Å². The molecule has 8 heteroatoms. The molecule has 4 aromatic heterocycles. The average molecular weight is 491 g/mol. The fourth-order valence-corrected chi connectivity index (χ4v) is 4.78. The number of pyridine rings is 2. The molecule has 5 heterocycles. The number of piperazine rings is 1. The lowest BCUT2D eigenvalue weighted by Crippen LogP contribution is -2.49. The highest BCUT2D eigenvalue weighted by Crippen LogP contribution is 2.25. The smallest absolute Gasteiger partial charge is 0.227 e. The number of benzene rings is 1. The average Bonchev–Trinajstić information content (AvgIpc) is 3.38. The molecule has 8 nitrogen and oxygen atoms in total. The van der Waals surface area contributed by atoms with Gasteiger partial charge in [-0.2, -0.15) is 0 Å². The van der Waals surface area contributed by atoms with Crippen LogP contribution in [0.15, 0.2) is 85.5 Å². The minimum Gasteiger partial charge on any atom is -0.354 e. The van der Waals surface area contributed by atoms with Crippen LogP contribution in [0.25, 0.3) is 28.2 Å². The highest BCUT2D eigenvalue weighted by atomic mass is 15.3. The van der Waals surface area contributed by atoms with E-state index in [2.05, 4.69) is 73.8 Å². The van der Waals surface area contributed by atoms with Gasteiger partial charge in [-0.25, -0.2) is 19.9 Å². The van der Waals surface area contributed by atoms with E-state index in [1.807, 2.05) is 48.8 Å². The molecular weight excluding hydrogens is 460 g/mol. The van der Waals surface area contributed by atoms with E-state index in [4.69, 9.17) is 9.97 Å². The van der Waals surface area contributed by atoms with Gasteiger partial charge in [-0.3, -0.25) is 9.30 Å². The van der Waals surface area contributed by atoms with Crippen molar-refractivity contribution in [2.24, 2.45) is 0 Å². The Bertz CT molecular complexity index is 1490. The number of aromatic nitrogens is 5. The van der Waals surface area contributed by atoms with Gasteiger partial charge < -0.3 is 10.2 Å². The first-order chi connectivity index (χ1) is 18.1. The van der Waals surface area contributed by atoms with Crippen LogP contribution in [0.4, 0.5) is 17.5 Å². The van der Waals surface area contributed by atoms with Gasteiger partial charge in [0.25, 0.3) is 0 Å². The van der Waals surface area contributed by atoms with E-state index in [1.165, 1.54) is 0 Å². The summed E-state index contributed by atoms with van der Waals surface area (Å²) in [5, 5.41) is 3.30. The summed E-state index contributed by atoms with van der Waals surface area (Å²) in [5.74, 6) is 1.52. The molecule has 0 bridgehead atoms. The molecule has 1 aliphatic rings. The van der Waals surface area contributed by atoms with Crippen LogP contribution in [-0.2, 0) is 0 Å². The van der Waals surface area contributed by atoms with E-state index in [0.29, 0.717) is 12.0 Å². The summed E-state index contributed by atoms with van der Waals surface area (Å²) in [7, 11) is 0. The Balaban J connectivity index is 1.20. The summed E-state index contributed by atoms with van der Waals surface area (Å²) in [6.45, 7) is 8.63. The van der Waals surface area contributed by atoms with Crippen molar-refractivity contribution >= 4 is 23.1 Å². The zero-order chi connectivity index (χ0) is 25.2. The molecule has 186 valence electrons. The molecule has 0 aliphatic carbocycles. The maximum absolute atomic E-state index is 4.77. The van der Waals surface area contributed by atoms with Crippen molar-refractivity contribution in [1.82, 2.24) is 29.2 Å². The van der Waals surface area contributed by atoms with Crippen molar-refractivity contribution < 1.29 is 0 Å². The lowest BCUT2D eigenvalue weighted by atomic mass is 10.1. The van der Waals surface area contributed by atoms with Crippen molar-refractivity contribution in [3.63, 3.8) is 0 Å². The van der Waals surface area contributed by atoms with Gasteiger partial charge in [0.15, 0.2) is 0 Å². The quantitative estimate of drug-likeness (QED) is 0.354. The van der Waals surface area contributed by atoms with Crippen molar-refractivity contribution in [1.29, 1.82) is 0 Å². The number of hydrogen-bond acceptors (Lipinski definition) is 7. The topological polar surface area (TPSA) is 74.5 Å². The molecule has 1 aromatic carbocycles. The second kappa shape index (κ2) is 9.99. The first kappa shape index (κ1) is 23.1. The van der Waals surface area contributed by atoms with Crippen LogP contribution >= 0.6 is 0 Å². The number of anilines is 3. The molecule has 5 aromatic rings. The van der Waals surface area contributed by atoms with Gasteiger partial charge in [0.05, 0.1) is 29.5 Å². The van der Waals surface area contributed by atoms with Crippen LogP contribution in [0.2, 0.25) is 0 Å². The highest BCUT2D eigenvalue weighted by molar-refractivity contribution is 5.68. The zero-order valence-corrected chi connectivity index (χ0v) is 21.1. The number of hydrogen-bond donors (Lipinski definition) is 1. The lowest BCUT2D eigenvalue weighted by molar-refractivity contribution is 0.209. The van der Waals surface area contributed by atoms with Crippen LogP contribution in [-0.4, -0.2) is 61.5 Å². The summed E-state index contributed by atoms with van der Waals surface area (Å²) < 4.78 is 2.07. The van der Waals surface area contributed by atoms with Gasteiger partial charge in [0.2, 0.25) is 5.95 Å². The largest absolute Gasteiger partial charge is 0.354 e. The number of nitrogens with one attached hydrogen (secondary N) is 1. The maximum Gasteiger partial charge on any atom is 0.227 e. The molecule has 0 saturated carbocycles. The lowest BCUT2D eigenvalue weighted by Gasteiger charge is -2.37. The summed E-state index contributed by atoms with van der Waals surface area (Å²) in [6.07, 6.45) is 7.57. The molecule has 1 saturated heterocycles. The predicted molar refractivity (Wildman–Crippen MR) is 148 cm³/mol. The van der Waals surface area contributed by atoms with Gasteiger partial charge in [-0.15, -0.1) is 0 Å². The minimum atomic E-state index is 0.520. The molecule has 1 aliphatic heterocycles. The third-order valence-electron chi connectivity index (χ3n) is 6.90. The van der Waals surface area contributed by atoms with Crippen LogP contribution < -0.4 is 10.2 Å². The van der Waals surface area contributed by atoms with Crippen molar-refractivity contribution in [3.05, 3.63) is 85.5 Å². The van der Waals surface area contributed by atoms with Gasteiger partial charge in [-0.1, -0.05) is 30.3 Å². The Morgan fingerprint density at radius 2 is 1.62 bits per heavy atom. The number of imidazole rings is 1. The normalized spacial score (nSPS) is 14.4. The Morgan fingerprint density at radius 3 is 2.38 bits per heavy atom. The van der Waals surface area contributed by atoms with Crippen LogP contribution in [0.3, 0.4) is 0 Å². The fourth-order valence-electron chi connectivity index (χ4n) is 4.78. The fraction of sp³-hybridized carbons (Fsp3) is 0.241. The molecule has 0 atom stereocenters. The molecule has 0 unspecified atom stereocenters. The number of fused-ring (bicyclic) bond motifs is 1. The van der Waals surface area contributed by atoms with Gasteiger partial charge >= 0.3 is 0 Å². The monoisotopic (exact) mass is 490 g/mol. The highest BCUT2D eigenvalue weighted by Gasteiger charge is 2.19. The Hall–Kier alpha value is -4.30. The molecule has 6 rings (SSSR count). The number of rotatable bonds is 6. The van der Waals surface area contributed by atoms with Crippen molar-refractivity contribution in [2.45, 2.75) is 19.9 Å². The Labute approximate surface area is 216 Å². The zero-order valence-electron chi connectivity index (χ0n) is 21.1. The Kier molecular flexibility index (Phi) is 6.24. The SMILES string of the molecule is CC(C)N1CCN(c2ccc(Nc3nccc(-c4cnc5ccc(-c6ccccc6)cn45)n3)cn2)CC1. The second-order valence-corrected chi connectivity index (χ2v) is 9.57. The minimum absolute atomic E-state index is 0.520. The standard InChI is InChI=1S/C29H30N8/c1-21(2)35-14-16-36(17-15-35)27-11-9-24(18-31-27)33-29-30-13-12-25(34-29)26-19-32-28-10-8-23(20-37(26)28)22-6-4-3-5-7-22/h3-13,18-21H,14-17H2,1-2H3,(H,30,33,34). The summed E-state index contributed by atoms with van der Waals surface area (Å²) in [5.41, 5.74) is 5.71. The van der Waals surface area contributed by atoms with E-state index in [0.717, 1.165) is 65.8 Å².